The SMILES string of the molecule is CC(C)n1cnnc1-c1cccc(N2CCN(c3ccc(S(=O)(=O)N4CCOCC4)cc3)C2O)n1. The summed E-state index contributed by atoms with van der Waals surface area (Å²) in [5, 5.41) is 19.3. The molecule has 35 heavy (non-hydrogen) atoms. The molecule has 1 N–H and O–H groups in total. The molecule has 2 aliphatic heterocycles. The van der Waals surface area contributed by atoms with Gasteiger partial charge in [-0.25, -0.2) is 13.4 Å². The smallest absolute Gasteiger partial charge is 0.243 e. The van der Waals surface area contributed by atoms with Gasteiger partial charge in [0.2, 0.25) is 16.4 Å². The zero-order valence-corrected chi connectivity index (χ0v) is 20.5. The van der Waals surface area contributed by atoms with Crippen LogP contribution in [0.5, 0.6) is 0 Å². The average molecular weight is 500 g/mol. The van der Waals surface area contributed by atoms with Gasteiger partial charge in [-0.2, -0.15) is 4.31 Å². The number of aliphatic hydroxyl groups is 1. The van der Waals surface area contributed by atoms with Gasteiger partial charge in [-0.05, 0) is 50.2 Å². The van der Waals surface area contributed by atoms with Crippen LogP contribution in [0, 0.1) is 0 Å². The van der Waals surface area contributed by atoms with Crippen molar-refractivity contribution in [1.29, 1.82) is 0 Å². The topological polar surface area (TPSA) is 117 Å². The number of rotatable bonds is 6. The van der Waals surface area contributed by atoms with E-state index in [-0.39, 0.29) is 10.9 Å². The second-order valence-corrected chi connectivity index (χ2v) is 10.7. The predicted octanol–water partition coefficient (Wildman–Crippen LogP) is 1.54. The molecular formula is C23H29N7O4S. The molecule has 5 rings (SSSR count). The summed E-state index contributed by atoms with van der Waals surface area (Å²) >= 11 is 0. The van der Waals surface area contributed by atoms with E-state index < -0.39 is 16.4 Å². The molecule has 2 aromatic heterocycles. The number of aromatic nitrogens is 4. The minimum absolute atomic E-state index is 0.188. The van der Waals surface area contributed by atoms with Crippen LogP contribution in [0.2, 0.25) is 0 Å². The lowest BCUT2D eigenvalue weighted by Gasteiger charge is -2.28. The number of benzene rings is 1. The molecule has 1 aromatic carbocycles. The summed E-state index contributed by atoms with van der Waals surface area (Å²) in [6.07, 6.45) is 0.742. The van der Waals surface area contributed by atoms with Crippen LogP contribution < -0.4 is 9.80 Å². The maximum Gasteiger partial charge on any atom is 0.243 e. The van der Waals surface area contributed by atoms with Crippen LogP contribution >= 0.6 is 0 Å². The Morgan fingerprint density at radius 2 is 1.71 bits per heavy atom. The standard InChI is InChI=1S/C23H29N7O4S/c1-17(2)30-16-24-26-22(30)20-4-3-5-21(25-20)29-11-10-28(23(29)31)18-6-8-19(9-7-18)35(32,33)27-12-14-34-15-13-27/h3-9,16-17,23,31H,10-15H2,1-2H3. The molecule has 186 valence electrons. The predicted molar refractivity (Wildman–Crippen MR) is 130 cm³/mol. The zero-order valence-electron chi connectivity index (χ0n) is 19.7. The van der Waals surface area contributed by atoms with Gasteiger partial charge in [-0.1, -0.05) is 6.07 Å². The first kappa shape index (κ1) is 23.7. The van der Waals surface area contributed by atoms with Crippen molar-refractivity contribution in [2.24, 2.45) is 0 Å². The van der Waals surface area contributed by atoms with Crippen LogP contribution in [0.15, 0.2) is 53.7 Å². The molecule has 0 aliphatic carbocycles. The summed E-state index contributed by atoms with van der Waals surface area (Å²) in [5.74, 6) is 1.30. The lowest BCUT2D eigenvalue weighted by atomic mass is 10.3. The van der Waals surface area contributed by atoms with E-state index in [9.17, 15) is 13.5 Å². The number of aliphatic hydroxyl groups excluding tert-OH is 1. The third-order valence-electron chi connectivity index (χ3n) is 6.30. The fourth-order valence-corrected chi connectivity index (χ4v) is 5.78. The summed E-state index contributed by atoms with van der Waals surface area (Å²) in [5.41, 5.74) is 1.41. The lowest BCUT2D eigenvalue weighted by molar-refractivity contribution is 0.0730. The first-order chi connectivity index (χ1) is 16.9. The van der Waals surface area contributed by atoms with Gasteiger partial charge in [-0.15, -0.1) is 10.2 Å². The molecule has 0 amide bonds. The fraction of sp³-hybridized carbons (Fsp3) is 0.435. The summed E-state index contributed by atoms with van der Waals surface area (Å²) < 4.78 is 34.4. The molecule has 0 radical (unpaired) electrons. The number of ether oxygens (including phenoxy) is 1. The normalized spacial score (nSPS) is 19.6. The highest BCUT2D eigenvalue weighted by Gasteiger charge is 2.32. The summed E-state index contributed by atoms with van der Waals surface area (Å²) in [6.45, 7) is 6.73. The number of pyridine rings is 1. The van der Waals surface area contributed by atoms with Crippen LogP contribution in [0.25, 0.3) is 11.5 Å². The third kappa shape index (κ3) is 4.49. The van der Waals surface area contributed by atoms with Crippen LogP contribution in [-0.2, 0) is 14.8 Å². The van der Waals surface area contributed by atoms with E-state index in [1.807, 2.05) is 27.7 Å². The van der Waals surface area contributed by atoms with E-state index in [0.717, 1.165) is 5.69 Å². The van der Waals surface area contributed by atoms with Crippen molar-refractivity contribution in [3.63, 3.8) is 0 Å². The number of sulfonamides is 1. The van der Waals surface area contributed by atoms with E-state index in [1.54, 1.807) is 35.5 Å². The van der Waals surface area contributed by atoms with Crippen molar-refractivity contribution in [2.45, 2.75) is 31.1 Å². The van der Waals surface area contributed by atoms with Crippen molar-refractivity contribution in [3.8, 4) is 11.5 Å². The summed E-state index contributed by atoms with van der Waals surface area (Å²) in [4.78, 5) is 8.59. The molecular weight excluding hydrogens is 470 g/mol. The second kappa shape index (κ2) is 9.53. The van der Waals surface area contributed by atoms with Crippen molar-refractivity contribution < 1.29 is 18.3 Å². The number of nitrogens with zero attached hydrogens (tertiary/aromatic N) is 7. The minimum atomic E-state index is -3.57. The largest absolute Gasteiger partial charge is 0.379 e. The molecule has 11 nitrogen and oxygen atoms in total. The molecule has 1 unspecified atom stereocenters. The Labute approximate surface area is 204 Å². The number of hydrogen-bond acceptors (Lipinski definition) is 9. The highest BCUT2D eigenvalue weighted by atomic mass is 32.2. The Hall–Kier alpha value is -3.06. The van der Waals surface area contributed by atoms with Crippen LogP contribution in [0.3, 0.4) is 0 Å². The monoisotopic (exact) mass is 499 g/mol. The molecule has 4 heterocycles. The van der Waals surface area contributed by atoms with Crippen LogP contribution in [0.4, 0.5) is 11.5 Å². The van der Waals surface area contributed by atoms with Gasteiger partial charge in [0.25, 0.3) is 0 Å². The molecule has 2 fully saturated rings. The Balaban J connectivity index is 1.34. The third-order valence-corrected chi connectivity index (χ3v) is 8.22. The van der Waals surface area contributed by atoms with Gasteiger partial charge in [-0.3, -0.25) is 0 Å². The molecule has 3 aromatic rings. The van der Waals surface area contributed by atoms with E-state index >= 15 is 0 Å². The fourth-order valence-electron chi connectivity index (χ4n) is 4.37. The molecule has 0 bridgehead atoms. The molecule has 0 saturated carbocycles. The van der Waals surface area contributed by atoms with E-state index in [0.29, 0.717) is 56.7 Å². The highest BCUT2D eigenvalue weighted by molar-refractivity contribution is 7.89. The van der Waals surface area contributed by atoms with Crippen molar-refractivity contribution >= 4 is 21.5 Å². The molecule has 1 atom stereocenters. The highest BCUT2D eigenvalue weighted by Crippen LogP contribution is 2.29. The summed E-state index contributed by atoms with van der Waals surface area (Å²) in [6, 6.07) is 12.4. The Bertz CT molecular complexity index is 1270. The second-order valence-electron chi connectivity index (χ2n) is 8.78. The van der Waals surface area contributed by atoms with E-state index in [2.05, 4.69) is 24.0 Å². The molecule has 2 saturated heterocycles. The van der Waals surface area contributed by atoms with Gasteiger partial charge in [0.1, 0.15) is 17.8 Å². The maximum atomic E-state index is 12.9. The Morgan fingerprint density at radius 3 is 2.43 bits per heavy atom. The van der Waals surface area contributed by atoms with E-state index in [4.69, 9.17) is 9.72 Å². The van der Waals surface area contributed by atoms with Crippen molar-refractivity contribution in [3.05, 3.63) is 48.8 Å². The zero-order chi connectivity index (χ0) is 24.6. The van der Waals surface area contributed by atoms with Gasteiger partial charge in [0.05, 0.1) is 18.1 Å². The molecule has 0 spiro atoms. The van der Waals surface area contributed by atoms with Crippen molar-refractivity contribution in [1.82, 2.24) is 24.1 Å². The quantitative estimate of drug-likeness (QED) is 0.539. The van der Waals surface area contributed by atoms with Gasteiger partial charge < -0.3 is 24.2 Å². The number of hydrogen-bond donors (Lipinski definition) is 1. The number of morpholine rings is 1. The van der Waals surface area contributed by atoms with Gasteiger partial charge >= 0.3 is 0 Å². The Morgan fingerprint density at radius 1 is 1.00 bits per heavy atom. The van der Waals surface area contributed by atoms with Gasteiger partial charge in [0.15, 0.2) is 5.82 Å². The minimum Gasteiger partial charge on any atom is -0.379 e. The van der Waals surface area contributed by atoms with Gasteiger partial charge in [0, 0.05) is 37.9 Å². The van der Waals surface area contributed by atoms with Crippen LogP contribution in [0.1, 0.15) is 19.9 Å². The van der Waals surface area contributed by atoms with Crippen molar-refractivity contribution in [2.75, 3.05) is 49.2 Å². The first-order valence-corrected chi connectivity index (χ1v) is 13.1. The maximum absolute atomic E-state index is 12.9. The average Bonchev–Trinajstić information content (AvgIpc) is 3.52. The molecule has 12 heteroatoms. The van der Waals surface area contributed by atoms with E-state index in [1.165, 1.54) is 4.31 Å². The molecule has 2 aliphatic rings. The summed E-state index contributed by atoms with van der Waals surface area (Å²) in [7, 11) is -3.57. The van der Waals surface area contributed by atoms with Crippen LogP contribution in [-0.4, -0.2) is 83.3 Å². The first-order valence-electron chi connectivity index (χ1n) is 11.6. The Kier molecular flexibility index (Phi) is 6.45. The lowest BCUT2D eigenvalue weighted by Crippen LogP contribution is -2.40. The number of anilines is 2.